The van der Waals surface area contributed by atoms with Crippen LogP contribution >= 0.6 is 0 Å². The topological polar surface area (TPSA) is 62.8 Å². The molecule has 1 aromatic carbocycles. The maximum absolute atomic E-state index is 12.1. The molecular formula is C17H27N3O3. The average molecular weight is 321 g/mol. The van der Waals surface area contributed by atoms with Crippen LogP contribution < -0.4 is 15.4 Å². The Morgan fingerprint density at radius 3 is 2.96 bits per heavy atom. The Morgan fingerprint density at radius 2 is 2.26 bits per heavy atom. The lowest BCUT2D eigenvalue weighted by molar-refractivity contribution is -0.123. The molecule has 1 fully saturated rings. The molecule has 23 heavy (non-hydrogen) atoms. The van der Waals surface area contributed by atoms with Crippen LogP contribution in [-0.2, 0) is 16.1 Å². The first-order valence-corrected chi connectivity index (χ1v) is 7.99. The lowest BCUT2D eigenvalue weighted by Crippen LogP contribution is -2.40. The van der Waals surface area contributed by atoms with Gasteiger partial charge in [0.05, 0.1) is 12.1 Å². The maximum Gasteiger partial charge on any atom is 0.237 e. The predicted octanol–water partition coefficient (Wildman–Crippen LogP) is 0.620. The Morgan fingerprint density at radius 1 is 1.43 bits per heavy atom. The van der Waals surface area contributed by atoms with E-state index in [0.29, 0.717) is 13.2 Å². The lowest BCUT2D eigenvalue weighted by atomic mass is 10.1. The number of benzene rings is 1. The highest BCUT2D eigenvalue weighted by molar-refractivity contribution is 5.82. The van der Waals surface area contributed by atoms with Gasteiger partial charge in [-0.15, -0.1) is 0 Å². The van der Waals surface area contributed by atoms with Gasteiger partial charge in [0.1, 0.15) is 12.4 Å². The van der Waals surface area contributed by atoms with E-state index in [4.69, 9.17) is 9.47 Å². The first-order chi connectivity index (χ1) is 11.1. The maximum atomic E-state index is 12.1. The zero-order valence-electron chi connectivity index (χ0n) is 14.2. The van der Waals surface area contributed by atoms with Crippen LogP contribution in [0.3, 0.4) is 0 Å². The van der Waals surface area contributed by atoms with Crippen molar-refractivity contribution in [1.82, 2.24) is 15.5 Å². The van der Waals surface area contributed by atoms with E-state index in [2.05, 4.69) is 15.5 Å². The third-order valence-electron chi connectivity index (χ3n) is 3.91. The van der Waals surface area contributed by atoms with Gasteiger partial charge >= 0.3 is 0 Å². The second-order valence-electron chi connectivity index (χ2n) is 6.07. The number of amides is 1. The fourth-order valence-corrected chi connectivity index (χ4v) is 2.49. The van der Waals surface area contributed by atoms with Crippen LogP contribution in [0.4, 0.5) is 0 Å². The van der Waals surface area contributed by atoms with E-state index >= 15 is 0 Å². The number of carbonyl (C=O) groups excluding carboxylic acids is 1. The quantitative estimate of drug-likeness (QED) is 0.735. The van der Waals surface area contributed by atoms with E-state index in [1.165, 1.54) is 0 Å². The summed E-state index contributed by atoms with van der Waals surface area (Å²) in [5.74, 6) is 0.848. The van der Waals surface area contributed by atoms with Crippen LogP contribution in [0.2, 0.25) is 0 Å². The van der Waals surface area contributed by atoms with Crippen molar-refractivity contribution in [2.75, 3.05) is 40.9 Å². The van der Waals surface area contributed by atoms with Gasteiger partial charge < -0.3 is 25.0 Å². The summed E-state index contributed by atoms with van der Waals surface area (Å²) in [7, 11) is 5.70. The second-order valence-corrected chi connectivity index (χ2v) is 6.07. The molecule has 128 valence electrons. The van der Waals surface area contributed by atoms with Crippen LogP contribution in [0.1, 0.15) is 12.0 Å². The Hall–Kier alpha value is -1.63. The first-order valence-electron chi connectivity index (χ1n) is 7.99. The van der Waals surface area contributed by atoms with E-state index in [1.807, 2.05) is 38.4 Å². The van der Waals surface area contributed by atoms with E-state index < -0.39 is 0 Å². The molecule has 6 nitrogen and oxygen atoms in total. The number of likely N-dealkylation sites (N-methyl/N-ethyl adjacent to an activating group) is 1. The molecule has 1 aliphatic rings. The van der Waals surface area contributed by atoms with Crippen molar-refractivity contribution in [2.24, 2.45) is 0 Å². The fraction of sp³-hybridized carbons (Fsp3) is 0.588. The number of nitrogens with one attached hydrogen (secondary N) is 2. The van der Waals surface area contributed by atoms with Gasteiger partial charge in [-0.05, 0) is 38.2 Å². The van der Waals surface area contributed by atoms with Gasteiger partial charge in [0.25, 0.3) is 0 Å². The van der Waals surface area contributed by atoms with Crippen LogP contribution in [0.15, 0.2) is 24.3 Å². The molecule has 0 radical (unpaired) electrons. The Kier molecular flexibility index (Phi) is 6.83. The highest BCUT2D eigenvalue weighted by Gasteiger charge is 2.28. The lowest BCUT2D eigenvalue weighted by Gasteiger charge is -2.13. The summed E-state index contributed by atoms with van der Waals surface area (Å²) in [6.45, 7) is 2.74. The van der Waals surface area contributed by atoms with Crippen molar-refractivity contribution in [1.29, 1.82) is 0 Å². The molecule has 0 unspecified atom stereocenters. The third kappa shape index (κ3) is 5.82. The first kappa shape index (κ1) is 17.7. The van der Waals surface area contributed by atoms with Gasteiger partial charge in [0, 0.05) is 26.7 Å². The minimum Gasteiger partial charge on any atom is -0.492 e. The van der Waals surface area contributed by atoms with Crippen LogP contribution in [0.5, 0.6) is 5.75 Å². The largest absolute Gasteiger partial charge is 0.492 e. The molecule has 0 spiro atoms. The highest BCUT2D eigenvalue weighted by Crippen LogP contribution is 2.14. The van der Waals surface area contributed by atoms with E-state index in [-0.39, 0.29) is 18.1 Å². The Bertz CT molecular complexity index is 508. The Balaban J connectivity index is 1.78. The molecule has 1 aromatic rings. The molecule has 1 aliphatic heterocycles. The smallest absolute Gasteiger partial charge is 0.237 e. The van der Waals surface area contributed by atoms with Gasteiger partial charge in [-0.2, -0.15) is 0 Å². The van der Waals surface area contributed by atoms with E-state index in [9.17, 15) is 4.79 Å². The van der Waals surface area contributed by atoms with Gasteiger partial charge in [-0.1, -0.05) is 12.1 Å². The molecule has 2 rings (SSSR count). The summed E-state index contributed by atoms with van der Waals surface area (Å²) in [6.07, 6.45) is 0.843. The molecule has 0 aliphatic carbocycles. The summed E-state index contributed by atoms with van der Waals surface area (Å²) in [5, 5.41) is 6.14. The molecule has 0 bridgehead atoms. The summed E-state index contributed by atoms with van der Waals surface area (Å²) in [5.41, 5.74) is 1.03. The molecule has 1 saturated heterocycles. The van der Waals surface area contributed by atoms with Gasteiger partial charge in [0.15, 0.2) is 0 Å². The summed E-state index contributed by atoms with van der Waals surface area (Å²) in [6, 6.07) is 7.67. The van der Waals surface area contributed by atoms with Crippen molar-refractivity contribution in [3.05, 3.63) is 29.8 Å². The molecule has 1 amide bonds. The standard InChI is InChI=1S/C17H27N3O3/c1-20(2)7-8-23-14-6-4-5-13(9-14)11-19-17(21)16-10-15(22-3)12-18-16/h4-6,9,15-16,18H,7-8,10-12H2,1-3H3,(H,19,21)/t15-,16-/m1/s1. The van der Waals surface area contributed by atoms with E-state index in [0.717, 1.165) is 30.8 Å². The zero-order valence-corrected chi connectivity index (χ0v) is 14.2. The average Bonchev–Trinajstić information content (AvgIpc) is 3.02. The van der Waals surface area contributed by atoms with Crippen molar-refractivity contribution in [3.63, 3.8) is 0 Å². The van der Waals surface area contributed by atoms with Gasteiger partial charge in [-0.3, -0.25) is 4.79 Å². The van der Waals surface area contributed by atoms with Crippen molar-refractivity contribution < 1.29 is 14.3 Å². The zero-order chi connectivity index (χ0) is 16.7. The van der Waals surface area contributed by atoms with Gasteiger partial charge in [-0.25, -0.2) is 0 Å². The molecule has 0 saturated carbocycles. The van der Waals surface area contributed by atoms with E-state index in [1.54, 1.807) is 7.11 Å². The third-order valence-corrected chi connectivity index (χ3v) is 3.91. The normalized spacial score (nSPS) is 20.7. The molecular weight excluding hydrogens is 294 g/mol. The number of hydrogen-bond acceptors (Lipinski definition) is 5. The number of ether oxygens (including phenoxy) is 2. The van der Waals surface area contributed by atoms with Gasteiger partial charge in [0.2, 0.25) is 5.91 Å². The molecule has 0 aromatic heterocycles. The van der Waals surface area contributed by atoms with Crippen LogP contribution in [0.25, 0.3) is 0 Å². The van der Waals surface area contributed by atoms with Crippen LogP contribution in [-0.4, -0.2) is 63.9 Å². The molecule has 2 N–H and O–H groups in total. The highest BCUT2D eigenvalue weighted by atomic mass is 16.5. The Labute approximate surface area is 138 Å². The SMILES string of the molecule is CO[C@H]1CN[C@@H](C(=O)NCc2cccc(OCCN(C)C)c2)C1. The fourth-order valence-electron chi connectivity index (χ4n) is 2.49. The molecule has 1 heterocycles. The molecule has 2 atom stereocenters. The number of carbonyl (C=O) groups is 1. The number of hydrogen-bond donors (Lipinski definition) is 2. The number of nitrogens with zero attached hydrogens (tertiary/aromatic N) is 1. The number of methoxy groups -OCH3 is 1. The second kappa shape index (κ2) is 8.86. The summed E-state index contributed by atoms with van der Waals surface area (Å²) >= 11 is 0. The summed E-state index contributed by atoms with van der Waals surface area (Å²) in [4.78, 5) is 14.2. The van der Waals surface area contributed by atoms with Crippen molar-refractivity contribution in [3.8, 4) is 5.75 Å². The summed E-state index contributed by atoms with van der Waals surface area (Å²) < 4.78 is 11.0. The minimum absolute atomic E-state index is 0.0171. The van der Waals surface area contributed by atoms with Crippen molar-refractivity contribution >= 4 is 5.91 Å². The minimum atomic E-state index is -0.167. The monoisotopic (exact) mass is 321 g/mol. The van der Waals surface area contributed by atoms with Crippen LogP contribution in [0, 0.1) is 0 Å². The van der Waals surface area contributed by atoms with Crippen molar-refractivity contribution in [2.45, 2.75) is 25.1 Å². The molecule has 6 heteroatoms. The number of rotatable bonds is 8. The predicted molar refractivity (Wildman–Crippen MR) is 89.5 cm³/mol.